The van der Waals surface area contributed by atoms with E-state index < -0.39 is 0 Å². The van der Waals surface area contributed by atoms with Crippen molar-refractivity contribution in [2.45, 2.75) is 33.7 Å². The molecule has 0 bridgehead atoms. The third-order valence-corrected chi connectivity index (χ3v) is 4.15. The number of hydrogen-bond donors (Lipinski definition) is 1. The van der Waals surface area contributed by atoms with Gasteiger partial charge in [0, 0.05) is 36.9 Å². The van der Waals surface area contributed by atoms with Crippen molar-refractivity contribution in [1.82, 2.24) is 24.3 Å². The SMILES string of the molecule is Cc1cc(C)n(CCNC(=O)Cc2cnc3c(C)cccn23)c(=O)n1. The van der Waals surface area contributed by atoms with Gasteiger partial charge in [-0.25, -0.2) is 9.78 Å². The smallest absolute Gasteiger partial charge is 0.348 e. The molecule has 0 aliphatic carbocycles. The summed E-state index contributed by atoms with van der Waals surface area (Å²) in [6.07, 6.45) is 3.87. The Labute approximate surface area is 145 Å². The van der Waals surface area contributed by atoms with Gasteiger partial charge in [-0.3, -0.25) is 9.36 Å². The van der Waals surface area contributed by atoms with Crippen molar-refractivity contribution in [3.63, 3.8) is 0 Å². The van der Waals surface area contributed by atoms with E-state index in [9.17, 15) is 9.59 Å². The van der Waals surface area contributed by atoms with Crippen molar-refractivity contribution in [3.05, 3.63) is 63.7 Å². The zero-order valence-electron chi connectivity index (χ0n) is 14.6. The number of fused-ring (bicyclic) bond motifs is 1. The molecule has 0 radical (unpaired) electrons. The van der Waals surface area contributed by atoms with Crippen LogP contribution in [0.25, 0.3) is 5.65 Å². The molecule has 3 aromatic heterocycles. The lowest BCUT2D eigenvalue weighted by Gasteiger charge is -2.10. The van der Waals surface area contributed by atoms with Crippen LogP contribution in [-0.4, -0.2) is 31.4 Å². The average molecular weight is 339 g/mol. The summed E-state index contributed by atoms with van der Waals surface area (Å²) in [5.41, 5.74) is 4.01. The summed E-state index contributed by atoms with van der Waals surface area (Å²) in [6, 6.07) is 5.77. The Balaban J connectivity index is 1.62. The Morgan fingerprint density at radius 3 is 2.84 bits per heavy atom. The first-order chi connectivity index (χ1) is 12.0. The van der Waals surface area contributed by atoms with Crippen LogP contribution in [0.4, 0.5) is 0 Å². The molecule has 0 aromatic carbocycles. The van der Waals surface area contributed by atoms with Gasteiger partial charge in [-0.05, 0) is 38.5 Å². The fourth-order valence-corrected chi connectivity index (χ4v) is 2.91. The Morgan fingerprint density at radius 2 is 2.08 bits per heavy atom. The molecule has 7 heteroatoms. The lowest BCUT2D eigenvalue weighted by atomic mass is 10.3. The molecule has 130 valence electrons. The number of nitrogens with one attached hydrogen (secondary N) is 1. The fraction of sp³-hybridized carbons (Fsp3) is 0.333. The maximum absolute atomic E-state index is 12.2. The number of carbonyl (C=O) groups is 1. The van der Waals surface area contributed by atoms with Crippen LogP contribution < -0.4 is 11.0 Å². The average Bonchev–Trinajstić information content (AvgIpc) is 2.94. The molecule has 1 N–H and O–H groups in total. The standard InChI is InChI=1S/C18H21N5O2/c1-12-5-4-7-23-15(11-20-17(12)23)10-16(24)19-6-8-22-14(3)9-13(2)21-18(22)25/h4-5,7,9,11H,6,8,10H2,1-3H3,(H,19,24). The van der Waals surface area contributed by atoms with E-state index >= 15 is 0 Å². The predicted octanol–water partition coefficient (Wildman–Crippen LogP) is 1.18. The summed E-state index contributed by atoms with van der Waals surface area (Å²) in [4.78, 5) is 32.4. The minimum Gasteiger partial charge on any atom is -0.354 e. The number of nitrogens with zero attached hydrogens (tertiary/aromatic N) is 4. The quantitative estimate of drug-likeness (QED) is 0.757. The van der Waals surface area contributed by atoms with Crippen molar-refractivity contribution >= 4 is 11.6 Å². The van der Waals surface area contributed by atoms with Crippen LogP contribution in [0.2, 0.25) is 0 Å². The van der Waals surface area contributed by atoms with Gasteiger partial charge in [0.25, 0.3) is 0 Å². The summed E-state index contributed by atoms with van der Waals surface area (Å²) >= 11 is 0. The molecule has 1 amide bonds. The van der Waals surface area contributed by atoms with Crippen LogP contribution in [0.5, 0.6) is 0 Å². The van der Waals surface area contributed by atoms with E-state index in [1.54, 1.807) is 17.7 Å². The van der Waals surface area contributed by atoms with E-state index in [1.165, 1.54) is 0 Å². The van der Waals surface area contributed by atoms with Gasteiger partial charge in [0.2, 0.25) is 5.91 Å². The number of imidazole rings is 1. The predicted molar refractivity (Wildman–Crippen MR) is 94.6 cm³/mol. The largest absolute Gasteiger partial charge is 0.354 e. The molecular formula is C18H21N5O2. The lowest BCUT2D eigenvalue weighted by Crippen LogP contribution is -2.33. The van der Waals surface area contributed by atoms with E-state index in [0.717, 1.165) is 22.6 Å². The van der Waals surface area contributed by atoms with Gasteiger partial charge in [0.15, 0.2) is 0 Å². The van der Waals surface area contributed by atoms with Crippen LogP contribution in [0, 0.1) is 20.8 Å². The van der Waals surface area contributed by atoms with Gasteiger partial charge in [-0.1, -0.05) is 6.07 Å². The zero-order chi connectivity index (χ0) is 18.0. The van der Waals surface area contributed by atoms with Crippen LogP contribution in [0.1, 0.15) is 22.6 Å². The first-order valence-electron chi connectivity index (χ1n) is 8.19. The molecule has 0 aliphatic rings. The number of carbonyl (C=O) groups excluding carboxylic acids is 1. The summed E-state index contributed by atoms with van der Waals surface area (Å²) < 4.78 is 3.48. The van der Waals surface area contributed by atoms with Crippen LogP contribution >= 0.6 is 0 Å². The molecule has 0 atom stereocenters. The lowest BCUT2D eigenvalue weighted by molar-refractivity contribution is -0.120. The first kappa shape index (κ1) is 16.9. The van der Waals surface area contributed by atoms with E-state index in [4.69, 9.17) is 0 Å². The Hall–Kier alpha value is -2.96. The zero-order valence-corrected chi connectivity index (χ0v) is 14.6. The highest BCUT2D eigenvalue weighted by atomic mass is 16.2. The van der Waals surface area contributed by atoms with Crippen LogP contribution in [0.3, 0.4) is 0 Å². The Kier molecular flexibility index (Phi) is 4.65. The summed E-state index contributed by atoms with van der Waals surface area (Å²) in [5.74, 6) is -0.103. The van der Waals surface area contributed by atoms with Gasteiger partial charge in [-0.15, -0.1) is 0 Å². The molecule has 0 saturated carbocycles. The fourth-order valence-electron chi connectivity index (χ4n) is 2.91. The van der Waals surface area contributed by atoms with Gasteiger partial charge in [-0.2, -0.15) is 4.98 Å². The van der Waals surface area contributed by atoms with Crippen LogP contribution in [-0.2, 0) is 17.8 Å². The summed E-state index contributed by atoms with van der Waals surface area (Å²) in [7, 11) is 0. The van der Waals surface area contributed by atoms with E-state index in [2.05, 4.69) is 15.3 Å². The number of hydrogen-bond acceptors (Lipinski definition) is 4. The molecule has 3 rings (SSSR count). The minimum atomic E-state index is -0.288. The Bertz CT molecular complexity index is 987. The summed E-state index contributed by atoms with van der Waals surface area (Å²) in [6.45, 7) is 6.41. The van der Waals surface area contributed by atoms with Gasteiger partial charge in [0.1, 0.15) is 5.65 Å². The monoisotopic (exact) mass is 339 g/mol. The molecule has 0 fully saturated rings. The second-order valence-corrected chi connectivity index (χ2v) is 6.13. The van der Waals surface area contributed by atoms with E-state index in [0.29, 0.717) is 18.8 Å². The number of aromatic nitrogens is 4. The topological polar surface area (TPSA) is 81.3 Å². The molecule has 0 aliphatic heterocycles. The molecule has 0 saturated heterocycles. The maximum atomic E-state index is 12.2. The van der Waals surface area contributed by atoms with Gasteiger partial charge < -0.3 is 9.72 Å². The number of aryl methyl sites for hydroxylation is 3. The van der Waals surface area contributed by atoms with Crippen molar-refractivity contribution in [2.75, 3.05) is 6.54 Å². The molecule has 0 unspecified atom stereocenters. The van der Waals surface area contributed by atoms with Crippen LogP contribution in [0.15, 0.2) is 35.4 Å². The number of rotatable bonds is 5. The van der Waals surface area contributed by atoms with E-state index in [1.807, 2.05) is 42.6 Å². The molecule has 0 spiro atoms. The highest BCUT2D eigenvalue weighted by Gasteiger charge is 2.10. The normalized spacial score (nSPS) is 11.0. The van der Waals surface area contributed by atoms with Crippen molar-refractivity contribution < 1.29 is 4.79 Å². The minimum absolute atomic E-state index is 0.103. The van der Waals surface area contributed by atoms with Crippen molar-refractivity contribution in [2.24, 2.45) is 0 Å². The maximum Gasteiger partial charge on any atom is 0.348 e. The van der Waals surface area contributed by atoms with Crippen molar-refractivity contribution in [1.29, 1.82) is 0 Å². The highest BCUT2D eigenvalue weighted by Crippen LogP contribution is 2.11. The molecule has 3 aromatic rings. The third-order valence-electron chi connectivity index (χ3n) is 4.15. The molecule has 7 nitrogen and oxygen atoms in total. The van der Waals surface area contributed by atoms with Crippen molar-refractivity contribution in [3.8, 4) is 0 Å². The molecule has 25 heavy (non-hydrogen) atoms. The van der Waals surface area contributed by atoms with E-state index in [-0.39, 0.29) is 18.0 Å². The third kappa shape index (κ3) is 3.60. The highest BCUT2D eigenvalue weighted by molar-refractivity contribution is 5.78. The summed E-state index contributed by atoms with van der Waals surface area (Å²) in [5, 5.41) is 2.85. The first-order valence-corrected chi connectivity index (χ1v) is 8.19. The second kappa shape index (κ2) is 6.88. The van der Waals surface area contributed by atoms with Gasteiger partial charge in [0.05, 0.1) is 12.1 Å². The van der Waals surface area contributed by atoms with Gasteiger partial charge >= 0.3 is 5.69 Å². The Morgan fingerprint density at radius 1 is 1.28 bits per heavy atom. The second-order valence-electron chi connectivity index (χ2n) is 6.13. The molecular weight excluding hydrogens is 318 g/mol. The molecule has 3 heterocycles. The number of amides is 1. The number of pyridine rings is 1.